The number of anilines is 2. The number of benzene rings is 2. The van der Waals surface area contributed by atoms with E-state index in [1.165, 1.54) is 6.07 Å². The Morgan fingerprint density at radius 1 is 1.07 bits per heavy atom. The number of piperazine rings is 1. The molecule has 0 saturated carbocycles. The lowest BCUT2D eigenvalue weighted by atomic mass is 10.1. The molecule has 1 aliphatic heterocycles. The van der Waals surface area contributed by atoms with Gasteiger partial charge in [0.2, 0.25) is 15.9 Å². The molecule has 1 fully saturated rings. The average Bonchev–Trinajstić information content (AvgIpc) is 2.69. The van der Waals surface area contributed by atoms with Crippen LogP contribution in [0.5, 0.6) is 0 Å². The van der Waals surface area contributed by atoms with E-state index in [4.69, 9.17) is 34.8 Å². The first-order chi connectivity index (χ1) is 14.1. The van der Waals surface area contributed by atoms with Crippen molar-refractivity contribution in [1.29, 1.82) is 0 Å². The number of halogens is 3. The summed E-state index contributed by atoms with van der Waals surface area (Å²) in [6.45, 7) is 3.89. The van der Waals surface area contributed by atoms with Crippen LogP contribution in [0.1, 0.15) is 5.56 Å². The highest BCUT2D eigenvalue weighted by Gasteiger charge is 2.28. The minimum Gasteiger partial charge on any atom is -0.368 e. The van der Waals surface area contributed by atoms with E-state index in [-0.39, 0.29) is 28.2 Å². The Kier molecular flexibility index (Phi) is 7.07. The Bertz CT molecular complexity index is 1050. The van der Waals surface area contributed by atoms with Crippen molar-refractivity contribution in [2.24, 2.45) is 0 Å². The van der Waals surface area contributed by atoms with Crippen molar-refractivity contribution in [3.05, 3.63) is 57.0 Å². The van der Waals surface area contributed by atoms with Crippen LogP contribution in [0, 0.1) is 6.92 Å². The van der Waals surface area contributed by atoms with Crippen molar-refractivity contribution in [2.45, 2.75) is 6.92 Å². The number of hydrogen-bond acceptors (Lipinski definition) is 4. The summed E-state index contributed by atoms with van der Waals surface area (Å²) in [5.74, 6) is -0.293. The second-order valence-corrected chi connectivity index (χ2v) is 10.3. The molecule has 2 aromatic rings. The van der Waals surface area contributed by atoms with Crippen LogP contribution in [0.3, 0.4) is 0 Å². The van der Waals surface area contributed by atoms with Gasteiger partial charge < -0.3 is 9.80 Å². The molecule has 0 unspecified atom stereocenters. The second kappa shape index (κ2) is 9.22. The maximum atomic E-state index is 12.9. The number of aryl methyl sites for hydroxylation is 1. The molecule has 162 valence electrons. The molecule has 0 radical (unpaired) electrons. The number of sulfonamides is 1. The van der Waals surface area contributed by atoms with Gasteiger partial charge in [-0.3, -0.25) is 9.10 Å². The van der Waals surface area contributed by atoms with Crippen molar-refractivity contribution in [3.8, 4) is 0 Å². The van der Waals surface area contributed by atoms with E-state index in [2.05, 4.69) is 4.90 Å². The lowest BCUT2D eigenvalue weighted by Gasteiger charge is -2.37. The van der Waals surface area contributed by atoms with Crippen LogP contribution in [-0.2, 0) is 14.8 Å². The standard InChI is InChI=1S/C20H22Cl3N3O3S/c1-14-6-7-15(21)12-18(14)24-8-10-25(11-9-24)19(27)13-26(30(2,28)29)17-5-3-4-16(22)20(17)23/h3-7,12H,8-11,13H2,1-2H3. The maximum absolute atomic E-state index is 12.9. The minimum absolute atomic E-state index is 0.0960. The molecular weight excluding hydrogens is 469 g/mol. The molecule has 0 aromatic heterocycles. The SMILES string of the molecule is Cc1ccc(Cl)cc1N1CCN(C(=O)CN(c2cccc(Cl)c2Cl)S(C)(=O)=O)CC1. The molecule has 0 aliphatic carbocycles. The minimum atomic E-state index is -3.74. The summed E-state index contributed by atoms with van der Waals surface area (Å²) in [7, 11) is -3.74. The predicted octanol–water partition coefficient (Wildman–Crippen LogP) is 4.07. The van der Waals surface area contributed by atoms with Gasteiger partial charge in [-0.2, -0.15) is 0 Å². The Hall–Kier alpha value is -1.67. The van der Waals surface area contributed by atoms with Gasteiger partial charge in [-0.15, -0.1) is 0 Å². The zero-order chi connectivity index (χ0) is 22.1. The van der Waals surface area contributed by atoms with Gasteiger partial charge in [0, 0.05) is 36.9 Å². The number of amides is 1. The maximum Gasteiger partial charge on any atom is 0.243 e. The van der Waals surface area contributed by atoms with Crippen LogP contribution in [0.2, 0.25) is 15.1 Å². The smallest absolute Gasteiger partial charge is 0.243 e. The fourth-order valence-electron chi connectivity index (χ4n) is 3.41. The normalized spacial score (nSPS) is 14.7. The van der Waals surface area contributed by atoms with Gasteiger partial charge in [0.15, 0.2) is 0 Å². The van der Waals surface area contributed by atoms with Crippen LogP contribution in [0.15, 0.2) is 36.4 Å². The van der Waals surface area contributed by atoms with Gasteiger partial charge in [0.25, 0.3) is 0 Å². The Morgan fingerprint density at radius 2 is 1.73 bits per heavy atom. The number of nitrogens with zero attached hydrogens (tertiary/aromatic N) is 3. The van der Waals surface area contributed by atoms with Crippen molar-refractivity contribution >= 4 is 62.1 Å². The fourth-order valence-corrected chi connectivity index (χ4v) is 4.88. The molecule has 0 bridgehead atoms. The molecule has 0 spiro atoms. The molecule has 0 atom stereocenters. The van der Waals surface area contributed by atoms with Crippen molar-refractivity contribution in [3.63, 3.8) is 0 Å². The predicted molar refractivity (Wildman–Crippen MR) is 124 cm³/mol. The zero-order valence-corrected chi connectivity index (χ0v) is 19.7. The molecule has 1 aliphatic rings. The van der Waals surface area contributed by atoms with Crippen LogP contribution in [0.25, 0.3) is 0 Å². The highest BCUT2D eigenvalue weighted by atomic mass is 35.5. The van der Waals surface area contributed by atoms with Gasteiger partial charge >= 0.3 is 0 Å². The molecular formula is C20H22Cl3N3O3S. The lowest BCUT2D eigenvalue weighted by Crippen LogP contribution is -2.52. The summed E-state index contributed by atoms with van der Waals surface area (Å²) in [5.41, 5.74) is 2.34. The third kappa shape index (κ3) is 5.14. The largest absolute Gasteiger partial charge is 0.368 e. The van der Waals surface area contributed by atoms with E-state index in [1.54, 1.807) is 17.0 Å². The fraction of sp³-hybridized carbons (Fsp3) is 0.350. The first-order valence-electron chi connectivity index (χ1n) is 9.28. The second-order valence-electron chi connectivity index (χ2n) is 7.14. The van der Waals surface area contributed by atoms with Crippen LogP contribution >= 0.6 is 34.8 Å². The topological polar surface area (TPSA) is 60.9 Å². The zero-order valence-electron chi connectivity index (χ0n) is 16.6. The third-order valence-corrected chi connectivity index (χ3v) is 7.19. The van der Waals surface area contributed by atoms with Crippen molar-refractivity contribution in [2.75, 3.05) is 48.2 Å². The third-order valence-electron chi connectivity index (χ3n) is 5.02. The van der Waals surface area contributed by atoms with Gasteiger partial charge in [-0.05, 0) is 36.8 Å². The molecule has 0 N–H and O–H groups in total. The molecule has 3 rings (SSSR count). The molecule has 1 saturated heterocycles. The summed E-state index contributed by atoms with van der Waals surface area (Å²) >= 11 is 18.3. The number of carbonyl (C=O) groups is 1. The molecule has 30 heavy (non-hydrogen) atoms. The van der Waals surface area contributed by atoms with Gasteiger partial charge in [-0.1, -0.05) is 46.9 Å². The molecule has 6 nitrogen and oxygen atoms in total. The quantitative estimate of drug-likeness (QED) is 0.634. The van der Waals surface area contributed by atoms with E-state index < -0.39 is 10.0 Å². The van der Waals surface area contributed by atoms with E-state index in [9.17, 15) is 13.2 Å². The van der Waals surface area contributed by atoms with Gasteiger partial charge in [-0.25, -0.2) is 8.42 Å². The number of rotatable bonds is 5. The number of hydrogen-bond donors (Lipinski definition) is 0. The molecule has 1 heterocycles. The molecule has 10 heteroatoms. The van der Waals surface area contributed by atoms with E-state index in [1.807, 2.05) is 25.1 Å². The van der Waals surface area contributed by atoms with Crippen LogP contribution < -0.4 is 9.21 Å². The Balaban J connectivity index is 1.72. The van der Waals surface area contributed by atoms with Gasteiger partial charge in [0.05, 0.1) is 22.0 Å². The Morgan fingerprint density at radius 3 is 2.37 bits per heavy atom. The monoisotopic (exact) mass is 489 g/mol. The summed E-state index contributed by atoms with van der Waals surface area (Å²) in [6, 6.07) is 10.4. The first-order valence-corrected chi connectivity index (χ1v) is 12.3. The van der Waals surface area contributed by atoms with Gasteiger partial charge in [0.1, 0.15) is 6.54 Å². The molecule has 1 amide bonds. The van der Waals surface area contributed by atoms with E-state index in [0.717, 1.165) is 21.8 Å². The van der Waals surface area contributed by atoms with E-state index in [0.29, 0.717) is 31.2 Å². The highest BCUT2D eigenvalue weighted by molar-refractivity contribution is 7.92. The van der Waals surface area contributed by atoms with Crippen LogP contribution in [-0.4, -0.2) is 58.2 Å². The highest BCUT2D eigenvalue weighted by Crippen LogP contribution is 2.33. The summed E-state index contributed by atoms with van der Waals surface area (Å²) in [4.78, 5) is 16.7. The summed E-state index contributed by atoms with van der Waals surface area (Å²) in [6.07, 6.45) is 1.04. The first kappa shape index (κ1) is 23.0. The number of carbonyl (C=O) groups excluding carboxylic acids is 1. The Labute approximate surface area is 192 Å². The van der Waals surface area contributed by atoms with Crippen molar-refractivity contribution in [1.82, 2.24) is 4.90 Å². The lowest BCUT2D eigenvalue weighted by molar-refractivity contribution is -0.129. The van der Waals surface area contributed by atoms with Crippen molar-refractivity contribution < 1.29 is 13.2 Å². The average molecular weight is 491 g/mol. The summed E-state index contributed by atoms with van der Waals surface area (Å²) < 4.78 is 25.7. The summed E-state index contributed by atoms with van der Waals surface area (Å²) in [5, 5.41) is 0.982. The van der Waals surface area contributed by atoms with Crippen LogP contribution in [0.4, 0.5) is 11.4 Å². The molecule has 2 aromatic carbocycles. The van der Waals surface area contributed by atoms with E-state index >= 15 is 0 Å².